The number of primary sulfonamides is 1. The molecule has 0 aliphatic carbocycles. The van der Waals surface area contributed by atoms with Crippen LogP contribution in [0.4, 0.5) is 5.69 Å². The van der Waals surface area contributed by atoms with Crippen LogP contribution in [0.3, 0.4) is 0 Å². The lowest BCUT2D eigenvalue weighted by Crippen LogP contribution is -2.15. The van der Waals surface area contributed by atoms with Crippen molar-refractivity contribution in [1.29, 1.82) is 0 Å². The van der Waals surface area contributed by atoms with Gasteiger partial charge in [-0.1, -0.05) is 6.07 Å². The molecule has 0 fully saturated rings. The zero-order chi connectivity index (χ0) is 14.9. The number of amides is 1. The molecule has 1 amide bonds. The number of rotatable bonds is 3. The minimum absolute atomic E-state index is 0.0371. The van der Waals surface area contributed by atoms with E-state index in [1.807, 2.05) is 0 Å². The molecule has 1 heterocycles. The molecule has 1 aromatic heterocycles. The summed E-state index contributed by atoms with van der Waals surface area (Å²) in [6.45, 7) is 1.77. The fraction of sp³-hybridized carbons (Fsp3) is 0.0833. The zero-order valence-corrected chi connectivity index (χ0v) is 13.6. The maximum atomic E-state index is 12.0. The van der Waals surface area contributed by atoms with E-state index in [-0.39, 0.29) is 10.8 Å². The Labute approximate surface area is 129 Å². The summed E-state index contributed by atoms with van der Waals surface area (Å²) in [5.41, 5.74) is 1.67. The van der Waals surface area contributed by atoms with Crippen LogP contribution >= 0.6 is 27.3 Å². The van der Waals surface area contributed by atoms with Crippen LogP contribution in [0, 0.1) is 6.92 Å². The number of aryl methyl sites for hydroxylation is 1. The predicted octanol–water partition coefficient (Wildman–Crippen LogP) is 2.72. The SMILES string of the molecule is Cc1ccc(S(N)(=O)=O)cc1NC(=O)c1csc(Br)c1. The predicted molar refractivity (Wildman–Crippen MR) is 82.5 cm³/mol. The molecule has 0 radical (unpaired) electrons. The fourth-order valence-electron chi connectivity index (χ4n) is 1.54. The standard InChI is InChI=1S/C12H11BrN2O3S2/c1-7-2-3-9(20(14,17)18)5-10(7)15-12(16)8-4-11(13)19-6-8/h2-6H,1H3,(H,15,16)(H2,14,17,18). The third-order valence-corrected chi connectivity index (χ3v) is 5.03. The first-order valence-corrected chi connectivity index (χ1v) is 8.68. The summed E-state index contributed by atoms with van der Waals surface area (Å²) in [5.74, 6) is -0.304. The van der Waals surface area contributed by atoms with E-state index in [0.29, 0.717) is 11.3 Å². The molecule has 5 nitrogen and oxygen atoms in total. The van der Waals surface area contributed by atoms with Crippen LogP contribution in [0.1, 0.15) is 15.9 Å². The first kappa shape index (κ1) is 15.2. The first-order valence-electron chi connectivity index (χ1n) is 5.46. The molecule has 0 saturated heterocycles. The summed E-state index contributed by atoms with van der Waals surface area (Å²) in [4.78, 5) is 12.0. The van der Waals surface area contributed by atoms with Gasteiger partial charge in [0.1, 0.15) is 0 Å². The zero-order valence-electron chi connectivity index (χ0n) is 10.4. The van der Waals surface area contributed by atoms with Crippen molar-refractivity contribution in [2.75, 3.05) is 5.32 Å². The van der Waals surface area contributed by atoms with Crippen LogP contribution in [0.2, 0.25) is 0 Å². The Hall–Kier alpha value is -1.22. The number of hydrogen-bond donors (Lipinski definition) is 2. The van der Waals surface area contributed by atoms with Gasteiger partial charge in [0.15, 0.2) is 0 Å². The number of carbonyl (C=O) groups excluding carboxylic acids is 1. The summed E-state index contributed by atoms with van der Waals surface area (Å²) in [5, 5.41) is 9.46. The Morgan fingerprint density at radius 3 is 2.60 bits per heavy atom. The quantitative estimate of drug-likeness (QED) is 0.865. The summed E-state index contributed by atoms with van der Waals surface area (Å²) in [7, 11) is -3.80. The molecule has 1 aromatic carbocycles. The number of carbonyl (C=O) groups is 1. The Morgan fingerprint density at radius 2 is 2.05 bits per heavy atom. The molecular weight excluding hydrogens is 364 g/mol. The number of sulfonamides is 1. The Morgan fingerprint density at radius 1 is 1.35 bits per heavy atom. The number of nitrogens with one attached hydrogen (secondary N) is 1. The largest absolute Gasteiger partial charge is 0.322 e. The smallest absolute Gasteiger partial charge is 0.256 e. The van der Waals surface area contributed by atoms with Gasteiger partial charge in [-0.2, -0.15) is 0 Å². The summed E-state index contributed by atoms with van der Waals surface area (Å²) in [6, 6.07) is 6.04. The van der Waals surface area contributed by atoms with Crippen molar-refractivity contribution in [3.63, 3.8) is 0 Å². The molecular formula is C12H11BrN2O3S2. The molecule has 0 aliphatic heterocycles. The van der Waals surface area contributed by atoms with Crippen molar-refractivity contribution < 1.29 is 13.2 Å². The normalized spacial score (nSPS) is 11.3. The van der Waals surface area contributed by atoms with Gasteiger partial charge in [0.05, 0.1) is 14.2 Å². The average molecular weight is 375 g/mol. The van der Waals surface area contributed by atoms with Crippen LogP contribution < -0.4 is 10.5 Å². The fourth-order valence-corrected chi connectivity index (χ4v) is 3.21. The Balaban J connectivity index is 2.31. The van der Waals surface area contributed by atoms with Crippen LogP contribution in [0.25, 0.3) is 0 Å². The van der Waals surface area contributed by atoms with Gasteiger partial charge in [-0.15, -0.1) is 11.3 Å². The van der Waals surface area contributed by atoms with Crippen LogP contribution in [0.5, 0.6) is 0 Å². The average Bonchev–Trinajstić information content (AvgIpc) is 2.77. The molecule has 20 heavy (non-hydrogen) atoms. The van der Waals surface area contributed by atoms with E-state index in [2.05, 4.69) is 21.2 Å². The Kier molecular flexibility index (Phi) is 4.28. The number of thiophene rings is 1. The van der Waals surface area contributed by atoms with E-state index in [1.165, 1.54) is 23.5 Å². The molecule has 106 valence electrons. The highest BCUT2D eigenvalue weighted by molar-refractivity contribution is 9.11. The lowest BCUT2D eigenvalue weighted by atomic mass is 10.2. The maximum Gasteiger partial charge on any atom is 0.256 e. The van der Waals surface area contributed by atoms with Gasteiger partial charge in [-0.3, -0.25) is 4.79 Å². The maximum absolute atomic E-state index is 12.0. The van der Waals surface area contributed by atoms with Gasteiger partial charge in [0.25, 0.3) is 5.91 Å². The highest BCUT2D eigenvalue weighted by Crippen LogP contribution is 2.23. The topological polar surface area (TPSA) is 89.3 Å². The summed E-state index contributed by atoms with van der Waals surface area (Å²) >= 11 is 4.68. The van der Waals surface area contributed by atoms with Gasteiger partial charge in [-0.05, 0) is 46.6 Å². The van der Waals surface area contributed by atoms with Crippen molar-refractivity contribution in [2.45, 2.75) is 11.8 Å². The van der Waals surface area contributed by atoms with Crippen molar-refractivity contribution in [1.82, 2.24) is 0 Å². The number of benzene rings is 1. The highest BCUT2D eigenvalue weighted by atomic mass is 79.9. The van der Waals surface area contributed by atoms with Crippen molar-refractivity contribution in [3.05, 3.63) is 44.6 Å². The molecule has 0 unspecified atom stereocenters. The van der Waals surface area contributed by atoms with Crippen molar-refractivity contribution >= 4 is 48.9 Å². The van der Waals surface area contributed by atoms with E-state index in [9.17, 15) is 13.2 Å². The third-order valence-electron chi connectivity index (χ3n) is 2.62. The molecule has 0 saturated carbocycles. The Bertz CT molecular complexity index is 769. The van der Waals surface area contributed by atoms with Crippen LogP contribution in [0.15, 0.2) is 38.3 Å². The molecule has 0 aliphatic rings. The van der Waals surface area contributed by atoms with E-state index in [0.717, 1.165) is 9.35 Å². The molecule has 0 spiro atoms. The lowest BCUT2D eigenvalue weighted by molar-refractivity contribution is 0.102. The van der Waals surface area contributed by atoms with E-state index >= 15 is 0 Å². The molecule has 0 bridgehead atoms. The molecule has 2 rings (SSSR count). The van der Waals surface area contributed by atoms with E-state index in [4.69, 9.17) is 5.14 Å². The monoisotopic (exact) mass is 374 g/mol. The molecule has 2 aromatic rings. The minimum Gasteiger partial charge on any atom is -0.322 e. The van der Waals surface area contributed by atoms with Crippen LogP contribution in [-0.2, 0) is 10.0 Å². The van der Waals surface area contributed by atoms with Gasteiger partial charge in [0.2, 0.25) is 10.0 Å². The van der Waals surface area contributed by atoms with Gasteiger partial charge in [-0.25, -0.2) is 13.6 Å². The van der Waals surface area contributed by atoms with E-state index < -0.39 is 10.0 Å². The first-order chi connectivity index (χ1) is 9.27. The second kappa shape index (κ2) is 5.65. The second-order valence-electron chi connectivity index (χ2n) is 4.12. The van der Waals surface area contributed by atoms with Crippen LogP contribution in [-0.4, -0.2) is 14.3 Å². The number of anilines is 1. The third kappa shape index (κ3) is 3.45. The summed E-state index contributed by atoms with van der Waals surface area (Å²) < 4.78 is 23.5. The molecule has 3 N–H and O–H groups in total. The number of halogens is 1. The molecule has 0 atom stereocenters. The summed E-state index contributed by atoms with van der Waals surface area (Å²) in [6.07, 6.45) is 0. The van der Waals surface area contributed by atoms with Gasteiger partial charge < -0.3 is 5.32 Å². The second-order valence-corrected chi connectivity index (χ2v) is 7.97. The lowest BCUT2D eigenvalue weighted by Gasteiger charge is -2.09. The van der Waals surface area contributed by atoms with Crippen molar-refractivity contribution in [2.24, 2.45) is 5.14 Å². The molecule has 8 heteroatoms. The highest BCUT2D eigenvalue weighted by Gasteiger charge is 2.13. The van der Waals surface area contributed by atoms with E-state index in [1.54, 1.807) is 24.4 Å². The minimum atomic E-state index is -3.80. The van der Waals surface area contributed by atoms with Gasteiger partial charge >= 0.3 is 0 Å². The van der Waals surface area contributed by atoms with Crippen molar-refractivity contribution in [3.8, 4) is 0 Å². The van der Waals surface area contributed by atoms with Gasteiger partial charge in [0, 0.05) is 11.1 Å². The number of nitrogens with two attached hydrogens (primary N) is 1. The number of hydrogen-bond acceptors (Lipinski definition) is 4.